The molecule has 2 rings (SSSR count). The number of aromatic nitrogens is 3. The predicted octanol–water partition coefficient (Wildman–Crippen LogP) is 1.85. The Morgan fingerprint density at radius 1 is 1.32 bits per heavy atom. The SMILES string of the molecule is CCc1cnc(CCNc2cnc(C(=O)O)cn2)s1. The Hall–Kier alpha value is -2.02. The Balaban J connectivity index is 1.83. The van der Waals surface area contributed by atoms with Crippen LogP contribution in [-0.4, -0.2) is 32.6 Å². The van der Waals surface area contributed by atoms with Crippen LogP contribution in [0.3, 0.4) is 0 Å². The Kier molecular flexibility index (Phi) is 4.40. The number of rotatable bonds is 6. The highest BCUT2D eigenvalue weighted by atomic mass is 32.1. The van der Waals surface area contributed by atoms with Crippen molar-refractivity contribution in [2.24, 2.45) is 0 Å². The highest BCUT2D eigenvalue weighted by molar-refractivity contribution is 7.11. The van der Waals surface area contributed by atoms with E-state index in [1.54, 1.807) is 11.3 Å². The zero-order valence-electron chi connectivity index (χ0n) is 10.5. The minimum atomic E-state index is -1.08. The van der Waals surface area contributed by atoms with Crippen molar-refractivity contribution in [2.45, 2.75) is 19.8 Å². The molecule has 0 aliphatic rings. The van der Waals surface area contributed by atoms with Gasteiger partial charge in [0.1, 0.15) is 5.82 Å². The standard InChI is InChI=1S/C12H14N4O2S/c1-2-8-5-16-11(19-8)3-4-13-10-7-14-9(6-15-10)12(17)18/h5-7H,2-4H2,1H3,(H,13,15)(H,17,18). The normalized spacial score (nSPS) is 10.4. The second kappa shape index (κ2) is 6.24. The van der Waals surface area contributed by atoms with E-state index in [0.717, 1.165) is 17.8 Å². The molecule has 0 saturated heterocycles. The third-order valence-electron chi connectivity index (χ3n) is 2.47. The molecule has 0 unspecified atom stereocenters. The summed E-state index contributed by atoms with van der Waals surface area (Å²) < 4.78 is 0. The van der Waals surface area contributed by atoms with E-state index in [1.807, 2.05) is 6.20 Å². The van der Waals surface area contributed by atoms with E-state index in [2.05, 4.69) is 27.2 Å². The van der Waals surface area contributed by atoms with Crippen molar-refractivity contribution in [1.29, 1.82) is 0 Å². The van der Waals surface area contributed by atoms with E-state index < -0.39 is 5.97 Å². The number of carboxylic acids is 1. The van der Waals surface area contributed by atoms with Gasteiger partial charge in [-0.05, 0) is 6.42 Å². The summed E-state index contributed by atoms with van der Waals surface area (Å²) in [5.41, 5.74) is -0.0574. The zero-order chi connectivity index (χ0) is 13.7. The molecule has 0 fully saturated rings. The molecule has 0 saturated carbocycles. The maximum Gasteiger partial charge on any atom is 0.356 e. The maximum atomic E-state index is 10.6. The highest BCUT2D eigenvalue weighted by Gasteiger charge is 2.05. The molecule has 6 nitrogen and oxygen atoms in total. The highest BCUT2D eigenvalue weighted by Crippen LogP contribution is 2.13. The Bertz CT molecular complexity index is 553. The van der Waals surface area contributed by atoms with Crippen molar-refractivity contribution in [3.8, 4) is 0 Å². The fraction of sp³-hybridized carbons (Fsp3) is 0.333. The van der Waals surface area contributed by atoms with E-state index in [4.69, 9.17) is 5.11 Å². The smallest absolute Gasteiger partial charge is 0.356 e. The van der Waals surface area contributed by atoms with Crippen molar-refractivity contribution >= 4 is 23.1 Å². The monoisotopic (exact) mass is 278 g/mol. The van der Waals surface area contributed by atoms with E-state index in [1.165, 1.54) is 17.3 Å². The zero-order valence-corrected chi connectivity index (χ0v) is 11.3. The van der Waals surface area contributed by atoms with Gasteiger partial charge in [-0.1, -0.05) is 6.92 Å². The summed E-state index contributed by atoms with van der Waals surface area (Å²) >= 11 is 1.71. The van der Waals surface area contributed by atoms with Gasteiger partial charge in [-0.15, -0.1) is 11.3 Å². The lowest BCUT2D eigenvalue weighted by Crippen LogP contribution is -2.08. The molecule has 2 aromatic heterocycles. The topological polar surface area (TPSA) is 88.0 Å². The molecule has 2 aromatic rings. The lowest BCUT2D eigenvalue weighted by Gasteiger charge is -2.03. The molecule has 100 valence electrons. The third-order valence-corrected chi connectivity index (χ3v) is 3.67. The first kappa shape index (κ1) is 13.4. The maximum absolute atomic E-state index is 10.6. The lowest BCUT2D eigenvalue weighted by atomic mass is 10.4. The van der Waals surface area contributed by atoms with Crippen LogP contribution in [0.15, 0.2) is 18.6 Å². The van der Waals surface area contributed by atoms with Gasteiger partial charge < -0.3 is 10.4 Å². The number of nitrogens with one attached hydrogen (secondary N) is 1. The second-order valence-corrected chi connectivity index (χ2v) is 5.04. The van der Waals surface area contributed by atoms with Crippen molar-refractivity contribution in [3.63, 3.8) is 0 Å². The molecule has 0 bridgehead atoms. The summed E-state index contributed by atoms with van der Waals surface area (Å²) in [6.45, 7) is 2.80. The van der Waals surface area contributed by atoms with Gasteiger partial charge in [-0.2, -0.15) is 0 Å². The fourth-order valence-electron chi connectivity index (χ4n) is 1.45. The molecule has 7 heteroatoms. The van der Waals surface area contributed by atoms with Crippen LogP contribution in [0.1, 0.15) is 27.3 Å². The van der Waals surface area contributed by atoms with Gasteiger partial charge in [0.15, 0.2) is 5.69 Å². The van der Waals surface area contributed by atoms with Gasteiger partial charge in [0, 0.05) is 24.0 Å². The number of hydrogen-bond donors (Lipinski definition) is 2. The van der Waals surface area contributed by atoms with Crippen LogP contribution in [0.25, 0.3) is 0 Å². The number of aromatic carboxylic acids is 1. The molecule has 2 N–H and O–H groups in total. The molecule has 0 aliphatic carbocycles. The van der Waals surface area contributed by atoms with Crippen molar-refractivity contribution in [3.05, 3.63) is 34.2 Å². The average Bonchev–Trinajstić information content (AvgIpc) is 2.87. The summed E-state index contributed by atoms with van der Waals surface area (Å²) in [5, 5.41) is 12.9. The quantitative estimate of drug-likeness (QED) is 0.838. The molecular formula is C12H14N4O2S. The molecule has 0 aliphatic heterocycles. The van der Waals surface area contributed by atoms with Gasteiger partial charge in [0.2, 0.25) is 0 Å². The van der Waals surface area contributed by atoms with Crippen LogP contribution in [0, 0.1) is 0 Å². The summed E-state index contributed by atoms with van der Waals surface area (Å²) in [5.74, 6) is -0.508. The first-order chi connectivity index (χ1) is 9.19. The molecule has 0 atom stereocenters. The third kappa shape index (κ3) is 3.72. The Morgan fingerprint density at radius 2 is 2.16 bits per heavy atom. The van der Waals surface area contributed by atoms with Crippen LogP contribution in [0.2, 0.25) is 0 Å². The molecule has 19 heavy (non-hydrogen) atoms. The summed E-state index contributed by atoms with van der Waals surface area (Å²) in [6, 6.07) is 0. The van der Waals surface area contributed by atoms with Gasteiger partial charge in [-0.25, -0.2) is 19.7 Å². The lowest BCUT2D eigenvalue weighted by molar-refractivity contribution is 0.0690. The molecule has 0 radical (unpaired) electrons. The summed E-state index contributed by atoms with van der Waals surface area (Å²) in [4.78, 5) is 24.0. The van der Waals surface area contributed by atoms with E-state index in [9.17, 15) is 4.79 Å². The largest absolute Gasteiger partial charge is 0.476 e. The van der Waals surface area contributed by atoms with Crippen molar-refractivity contribution in [2.75, 3.05) is 11.9 Å². The van der Waals surface area contributed by atoms with Crippen molar-refractivity contribution < 1.29 is 9.90 Å². The summed E-state index contributed by atoms with van der Waals surface area (Å²) in [7, 11) is 0. The van der Waals surface area contributed by atoms with E-state index in [-0.39, 0.29) is 5.69 Å². The first-order valence-corrected chi connectivity index (χ1v) is 6.73. The molecular weight excluding hydrogens is 264 g/mol. The van der Waals surface area contributed by atoms with Crippen LogP contribution in [0.4, 0.5) is 5.82 Å². The number of anilines is 1. The van der Waals surface area contributed by atoms with Gasteiger partial charge in [0.05, 0.1) is 17.4 Å². The van der Waals surface area contributed by atoms with Crippen molar-refractivity contribution in [1.82, 2.24) is 15.0 Å². The number of hydrogen-bond acceptors (Lipinski definition) is 6. The van der Waals surface area contributed by atoms with E-state index >= 15 is 0 Å². The number of aryl methyl sites for hydroxylation is 1. The average molecular weight is 278 g/mol. The second-order valence-electron chi connectivity index (χ2n) is 3.84. The van der Waals surface area contributed by atoms with Crippen LogP contribution in [0.5, 0.6) is 0 Å². The number of carbonyl (C=O) groups is 1. The van der Waals surface area contributed by atoms with Gasteiger partial charge in [0.25, 0.3) is 0 Å². The minimum Gasteiger partial charge on any atom is -0.476 e. The Morgan fingerprint density at radius 3 is 2.74 bits per heavy atom. The number of nitrogens with zero attached hydrogens (tertiary/aromatic N) is 3. The van der Waals surface area contributed by atoms with E-state index in [0.29, 0.717) is 12.4 Å². The molecule has 2 heterocycles. The fourth-order valence-corrected chi connectivity index (χ4v) is 2.32. The summed E-state index contributed by atoms with van der Waals surface area (Å²) in [6.07, 6.45) is 6.38. The number of thiazole rings is 1. The van der Waals surface area contributed by atoms with Crippen LogP contribution in [-0.2, 0) is 12.8 Å². The molecule has 0 spiro atoms. The molecule has 0 amide bonds. The molecule has 0 aromatic carbocycles. The Labute approximate surface area is 114 Å². The number of carboxylic acid groups (broad SMARTS) is 1. The van der Waals surface area contributed by atoms with Gasteiger partial charge in [-0.3, -0.25) is 0 Å². The first-order valence-electron chi connectivity index (χ1n) is 5.92. The van der Waals surface area contributed by atoms with Gasteiger partial charge >= 0.3 is 5.97 Å². The van der Waals surface area contributed by atoms with Crippen LogP contribution >= 0.6 is 11.3 Å². The van der Waals surface area contributed by atoms with Crippen LogP contribution < -0.4 is 5.32 Å². The minimum absolute atomic E-state index is 0.0574. The predicted molar refractivity (Wildman–Crippen MR) is 72.7 cm³/mol.